The van der Waals surface area contributed by atoms with Crippen molar-refractivity contribution in [1.29, 1.82) is 0 Å². The van der Waals surface area contributed by atoms with Crippen molar-refractivity contribution < 1.29 is 9.47 Å². The van der Waals surface area contributed by atoms with Crippen LogP contribution in [0.2, 0.25) is 0 Å². The Morgan fingerprint density at radius 3 is 2.32 bits per heavy atom. The highest BCUT2D eigenvalue weighted by Crippen LogP contribution is 2.25. The van der Waals surface area contributed by atoms with E-state index in [2.05, 4.69) is 9.80 Å². The molecule has 152 valence electrons. The molecule has 1 aliphatic rings. The van der Waals surface area contributed by atoms with Gasteiger partial charge in [0.15, 0.2) is 11.5 Å². The highest BCUT2D eigenvalue weighted by Gasteiger charge is 2.20. The molecule has 1 aliphatic heterocycles. The number of para-hydroxylation sites is 2. The first-order valence-electron chi connectivity index (χ1n) is 9.51. The van der Waals surface area contributed by atoms with Crippen LogP contribution < -0.4 is 25.6 Å². The molecule has 8 heteroatoms. The normalized spacial score (nSPS) is 14.9. The molecule has 2 heterocycles. The van der Waals surface area contributed by atoms with Crippen LogP contribution in [0.15, 0.2) is 39.9 Å². The van der Waals surface area contributed by atoms with E-state index >= 15 is 0 Å². The number of nitrogens with zero attached hydrogens (tertiary/aromatic N) is 4. The highest BCUT2D eigenvalue weighted by molar-refractivity contribution is 5.39. The first-order valence-corrected chi connectivity index (χ1v) is 9.51. The molecule has 8 nitrogen and oxygen atoms in total. The van der Waals surface area contributed by atoms with E-state index in [4.69, 9.17) is 9.47 Å². The van der Waals surface area contributed by atoms with Crippen LogP contribution in [0, 0.1) is 0 Å². The van der Waals surface area contributed by atoms with Gasteiger partial charge in [-0.15, -0.1) is 0 Å². The monoisotopic (exact) mass is 388 g/mol. The summed E-state index contributed by atoms with van der Waals surface area (Å²) >= 11 is 0. The summed E-state index contributed by atoms with van der Waals surface area (Å²) in [4.78, 5) is 28.5. The Morgan fingerprint density at radius 2 is 1.64 bits per heavy atom. The van der Waals surface area contributed by atoms with Crippen LogP contribution in [0.4, 0.5) is 5.82 Å². The van der Waals surface area contributed by atoms with Crippen molar-refractivity contribution in [3.05, 3.63) is 51.2 Å². The van der Waals surface area contributed by atoms with Crippen molar-refractivity contribution >= 4 is 5.82 Å². The molecule has 28 heavy (non-hydrogen) atoms. The van der Waals surface area contributed by atoms with Crippen molar-refractivity contribution in [2.45, 2.75) is 6.42 Å². The van der Waals surface area contributed by atoms with Crippen LogP contribution in [0.25, 0.3) is 0 Å². The van der Waals surface area contributed by atoms with Gasteiger partial charge >= 0.3 is 5.69 Å². The van der Waals surface area contributed by atoms with Gasteiger partial charge in [0.1, 0.15) is 5.82 Å². The number of hydrogen-bond donors (Lipinski definition) is 0. The van der Waals surface area contributed by atoms with Gasteiger partial charge in [-0.1, -0.05) is 12.1 Å². The average Bonchev–Trinajstić information content (AvgIpc) is 2.73. The van der Waals surface area contributed by atoms with Crippen LogP contribution in [0.3, 0.4) is 0 Å². The molecule has 1 fully saturated rings. The van der Waals surface area contributed by atoms with E-state index < -0.39 is 0 Å². The van der Waals surface area contributed by atoms with E-state index in [9.17, 15) is 9.59 Å². The SMILES string of the molecule is COc1ccccc1OCCCN1CCN(c2cc(=O)n(C)c(=O)n2C)CC1. The molecule has 2 aromatic rings. The van der Waals surface area contributed by atoms with Crippen molar-refractivity contribution in [3.8, 4) is 11.5 Å². The fourth-order valence-corrected chi connectivity index (χ4v) is 3.43. The topological polar surface area (TPSA) is 68.9 Å². The van der Waals surface area contributed by atoms with E-state index in [1.165, 1.54) is 17.7 Å². The van der Waals surface area contributed by atoms with E-state index in [1.807, 2.05) is 24.3 Å². The molecule has 3 rings (SSSR count). The Kier molecular flexibility index (Phi) is 6.41. The van der Waals surface area contributed by atoms with E-state index in [1.54, 1.807) is 14.2 Å². The standard InChI is InChI=1S/C20H28N4O4/c1-21-18(15-19(25)22(2)20(21)26)24-12-10-23(11-13-24)9-6-14-28-17-8-5-4-7-16(17)27-3/h4-5,7-8,15H,6,9-14H2,1-3H3. The number of piperazine rings is 1. The second-order valence-corrected chi connectivity index (χ2v) is 6.92. The zero-order valence-corrected chi connectivity index (χ0v) is 16.8. The summed E-state index contributed by atoms with van der Waals surface area (Å²) in [7, 11) is 4.85. The lowest BCUT2D eigenvalue weighted by Gasteiger charge is -2.36. The Morgan fingerprint density at radius 1 is 0.964 bits per heavy atom. The number of aromatic nitrogens is 2. The van der Waals surface area contributed by atoms with Crippen molar-refractivity contribution in [2.24, 2.45) is 14.1 Å². The molecular formula is C20H28N4O4. The Bertz CT molecular complexity index is 913. The van der Waals surface area contributed by atoms with Gasteiger partial charge in [-0.05, 0) is 18.6 Å². The van der Waals surface area contributed by atoms with E-state index in [-0.39, 0.29) is 11.2 Å². The van der Waals surface area contributed by atoms with Crippen LogP contribution in [0.5, 0.6) is 11.5 Å². The third kappa shape index (κ3) is 4.39. The quantitative estimate of drug-likeness (QED) is 0.650. The fraction of sp³-hybridized carbons (Fsp3) is 0.500. The Balaban J connectivity index is 1.47. The zero-order valence-electron chi connectivity index (χ0n) is 16.8. The van der Waals surface area contributed by atoms with Gasteiger partial charge < -0.3 is 14.4 Å². The molecule has 0 unspecified atom stereocenters. The number of rotatable bonds is 7. The summed E-state index contributed by atoms with van der Waals surface area (Å²) in [6.45, 7) is 4.92. The van der Waals surface area contributed by atoms with Crippen LogP contribution in [0.1, 0.15) is 6.42 Å². The predicted octanol–water partition coefficient (Wildman–Crippen LogP) is 0.684. The zero-order chi connectivity index (χ0) is 20.1. The summed E-state index contributed by atoms with van der Waals surface area (Å²) in [6.07, 6.45) is 0.919. The second-order valence-electron chi connectivity index (χ2n) is 6.92. The van der Waals surface area contributed by atoms with Crippen LogP contribution in [-0.4, -0.2) is 60.5 Å². The number of anilines is 1. The molecule has 0 amide bonds. The van der Waals surface area contributed by atoms with E-state index in [0.717, 1.165) is 55.2 Å². The molecule has 0 saturated carbocycles. The molecule has 0 N–H and O–H groups in total. The van der Waals surface area contributed by atoms with Gasteiger partial charge in [-0.3, -0.25) is 18.8 Å². The molecule has 0 radical (unpaired) electrons. The minimum absolute atomic E-state index is 0.269. The summed E-state index contributed by atoms with van der Waals surface area (Å²) in [5.41, 5.74) is -0.563. The maximum absolute atomic E-state index is 12.1. The summed E-state index contributed by atoms with van der Waals surface area (Å²) in [5, 5.41) is 0. The van der Waals surface area contributed by atoms with Crippen LogP contribution >= 0.6 is 0 Å². The summed E-state index contributed by atoms with van der Waals surface area (Å²) in [6, 6.07) is 9.19. The third-order valence-electron chi connectivity index (χ3n) is 5.14. The molecular weight excluding hydrogens is 360 g/mol. The largest absolute Gasteiger partial charge is 0.493 e. The highest BCUT2D eigenvalue weighted by atomic mass is 16.5. The average molecular weight is 388 g/mol. The molecule has 0 bridgehead atoms. The third-order valence-corrected chi connectivity index (χ3v) is 5.14. The predicted molar refractivity (Wildman–Crippen MR) is 109 cm³/mol. The van der Waals surface area contributed by atoms with Crippen molar-refractivity contribution in [1.82, 2.24) is 14.0 Å². The van der Waals surface area contributed by atoms with Gasteiger partial charge in [-0.25, -0.2) is 4.79 Å². The molecule has 1 aromatic carbocycles. The van der Waals surface area contributed by atoms with Gasteiger partial charge in [0.25, 0.3) is 5.56 Å². The Labute approximate surface area is 164 Å². The van der Waals surface area contributed by atoms with Gasteiger partial charge in [0, 0.05) is 52.9 Å². The molecule has 0 aliphatic carbocycles. The number of hydrogen-bond acceptors (Lipinski definition) is 6. The summed E-state index contributed by atoms with van der Waals surface area (Å²) < 4.78 is 13.8. The number of methoxy groups -OCH3 is 1. The van der Waals surface area contributed by atoms with Crippen LogP contribution in [-0.2, 0) is 14.1 Å². The molecule has 0 atom stereocenters. The lowest BCUT2D eigenvalue weighted by Crippen LogP contribution is -2.49. The first-order chi connectivity index (χ1) is 13.5. The minimum Gasteiger partial charge on any atom is -0.493 e. The van der Waals surface area contributed by atoms with Gasteiger partial charge in [0.05, 0.1) is 13.7 Å². The van der Waals surface area contributed by atoms with Crippen molar-refractivity contribution in [2.75, 3.05) is 51.3 Å². The number of ether oxygens (including phenoxy) is 2. The Hall–Kier alpha value is -2.74. The smallest absolute Gasteiger partial charge is 0.332 e. The minimum atomic E-state index is -0.293. The lowest BCUT2D eigenvalue weighted by atomic mass is 10.3. The molecule has 0 spiro atoms. The lowest BCUT2D eigenvalue weighted by molar-refractivity contribution is 0.220. The first kappa shape index (κ1) is 20.0. The summed E-state index contributed by atoms with van der Waals surface area (Å²) in [5.74, 6) is 2.20. The van der Waals surface area contributed by atoms with Gasteiger partial charge in [0.2, 0.25) is 0 Å². The van der Waals surface area contributed by atoms with E-state index in [0.29, 0.717) is 12.4 Å². The number of benzene rings is 1. The molecule has 1 aromatic heterocycles. The maximum atomic E-state index is 12.1. The molecule has 1 saturated heterocycles. The van der Waals surface area contributed by atoms with Crippen molar-refractivity contribution in [3.63, 3.8) is 0 Å². The maximum Gasteiger partial charge on any atom is 0.332 e. The fourth-order valence-electron chi connectivity index (χ4n) is 3.43. The second kappa shape index (κ2) is 8.97. The van der Waals surface area contributed by atoms with Gasteiger partial charge in [-0.2, -0.15) is 0 Å².